The number of rotatable bonds is 6. The maximum Gasteiger partial charge on any atom is 0.323 e. The fourth-order valence-electron chi connectivity index (χ4n) is 4.42. The topological polar surface area (TPSA) is 52.6 Å². The number of nitrogens with one attached hydrogen (secondary N) is 1. The van der Waals surface area contributed by atoms with Crippen molar-refractivity contribution < 1.29 is 9.90 Å². The molecule has 0 spiro atoms. The molecule has 2 unspecified atom stereocenters. The Balaban J connectivity index is 1.95. The summed E-state index contributed by atoms with van der Waals surface area (Å²) >= 11 is 0. The van der Waals surface area contributed by atoms with Crippen LogP contribution in [0, 0.1) is 5.41 Å². The predicted molar refractivity (Wildman–Crippen MR) is 85.5 cm³/mol. The number of hydrogen-bond acceptors (Lipinski definition) is 3. The Kier molecular flexibility index (Phi) is 5.31. The quantitative estimate of drug-likeness (QED) is 0.791. The van der Waals surface area contributed by atoms with E-state index in [4.69, 9.17) is 0 Å². The normalized spacial score (nSPS) is 33.2. The molecule has 4 heteroatoms. The smallest absolute Gasteiger partial charge is 0.323 e. The summed E-state index contributed by atoms with van der Waals surface area (Å²) in [5.41, 5.74) is -0.135. The zero-order valence-corrected chi connectivity index (χ0v) is 14.0. The van der Waals surface area contributed by atoms with Crippen LogP contribution in [-0.2, 0) is 4.79 Å². The van der Waals surface area contributed by atoms with E-state index in [1.54, 1.807) is 0 Å². The maximum absolute atomic E-state index is 11.7. The van der Waals surface area contributed by atoms with Crippen molar-refractivity contribution in [2.45, 2.75) is 77.3 Å². The van der Waals surface area contributed by atoms with Crippen molar-refractivity contribution in [3.8, 4) is 0 Å². The molecule has 2 fully saturated rings. The van der Waals surface area contributed by atoms with E-state index < -0.39 is 11.5 Å². The van der Waals surface area contributed by atoms with Gasteiger partial charge < -0.3 is 15.3 Å². The number of carboxylic acid groups (broad SMARTS) is 1. The van der Waals surface area contributed by atoms with Crippen molar-refractivity contribution in [2.75, 3.05) is 19.6 Å². The molecule has 0 aromatic rings. The van der Waals surface area contributed by atoms with Gasteiger partial charge in [0.05, 0.1) is 0 Å². The highest BCUT2D eigenvalue weighted by molar-refractivity contribution is 5.79. The Hall–Kier alpha value is -0.610. The summed E-state index contributed by atoms with van der Waals surface area (Å²) in [5, 5.41) is 12.8. The number of carbonyl (C=O) groups is 1. The van der Waals surface area contributed by atoms with Gasteiger partial charge >= 0.3 is 5.97 Å². The third kappa shape index (κ3) is 3.26. The molecule has 2 aliphatic rings. The molecule has 122 valence electrons. The molecule has 2 N–H and O–H groups in total. The van der Waals surface area contributed by atoms with Gasteiger partial charge in [-0.25, -0.2) is 0 Å². The van der Waals surface area contributed by atoms with Crippen LogP contribution in [0.2, 0.25) is 0 Å². The number of nitrogens with zero attached hydrogens (tertiary/aromatic N) is 1. The third-order valence-electron chi connectivity index (χ3n) is 6.29. The highest BCUT2D eigenvalue weighted by atomic mass is 16.4. The Morgan fingerprint density at radius 2 is 1.81 bits per heavy atom. The van der Waals surface area contributed by atoms with Gasteiger partial charge in [-0.1, -0.05) is 33.6 Å². The summed E-state index contributed by atoms with van der Waals surface area (Å²) in [6, 6.07) is 0.451. The number of aliphatic carboxylic acids is 1. The average Bonchev–Trinajstić information content (AvgIpc) is 2.93. The third-order valence-corrected chi connectivity index (χ3v) is 6.29. The summed E-state index contributed by atoms with van der Waals surface area (Å²) < 4.78 is 0. The molecule has 1 aliphatic heterocycles. The van der Waals surface area contributed by atoms with Gasteiger partial charge in [0.2, 0.25) is 0 Å². The maximum atomic E-state index is 11.7. The van der Waals surface area contributed by atoms with Crippen LogP contribution in [0.4, 0.5) is 0 Å². The first-order valence-corrected chi connectivity index (χ1v) is 8.73. The molecule has 0 bridgehead atoms. The molecule has 1 saturated carbocycles. The van der Waals surface area contributed by atoms with E-state index in [9.17, 15) is 9.90 Å². The fraction of sp³-hybridized carbons (Fsp3) is 0.941. The second-order valence-corrected chi connectivity index (χ2v) is 7.06. The minimum atomic E-state index is -0.677. The Labute approximate surface area is 129 Å². The minimum Gasteiger partial charge on any atom is -0.480 e. The van der Waals surface area contributed by atoms with Crippen LogP contribution in [-0.4, -0.2) is 47.2 Å². The highest BCUT2D eigenvalue weighted by Gasteiger charge is 2.47. The number of hydrogen-bond donors (Lipinski definition) is 2. The second-order valence-electron chi connectivity index (χ2n) is 7.06. The molecular weight excluding hydrogens is 264 g/mol. The highest BCUT2D eigenvalue weighted by Crippen LogP contribution is 2.41. The molecule has 1 heterocycles. The van der Waals surface area contributed by atoms with Gasteiger partial charge in [-0.2, -0.15) is 0 Å². The van der Waals surface area contributed by atoms with Crippen LogP contribution in [0.25, 0.3) is 0 Å². The second kappa shape index (κ2) is 6.66. The van der Waals surface area contributed by atoms with Gasteiger partial charge in [0.15, 0.2) is 0 Å². The van der Waals surface area contributed by atoms with Crippen molar-refractivity contribution in [3.63, 3.8) is 0 Å². The number of carboxylic acids is 1. The lowest BCUT2D eigenvalue weighted by Crippen LogP contribution is -2.52. The van der Waals surface area contributed by atoms with E-state index in [0.29, 0.717) is 11.5 Å². The standard InChI is InChI=1S/C17H32N2O2/c1-4-16(5-2)9-11-19(12-10-16)14-7-8-17(13-14,15(20)21)18-6-3/h14,18H,4-13H2,1-3H3,(H,20,21). The van der Waals surface area contributed by atoms with Crippen molar-refractivity contribution in [1.29, 1.82) is 0 Å². The van der Waals surface area contributed by atoms with Crippen molar-refractivity contribution in [1.82, 2.24) is 10.2 Å². The fourth-order valence-corrected chi connectivity index (χ4v) is 4.42. The molecule has 0 aromatic heterocycles. The van der Waals surface area contributed by atoms with Gasteiger partial charge in [-0.05, 0) is 57.2 Å². The Bertz CT molecular complexity index is 358. The van der Waals surface area contributed by atoms with Gasteiger partial charge in [0.25, 0.3) is 0 Å². The Morgan fingerprint density at radius 3 is 2.29 bits per heavy atom. The monoisotopic (exact) mass is 296 g/mol. The van der Waals surface area contributed by atoms with Crippen molar-refractivity contribution in [2.24, 2.45) is 5.41 Å². The minimum absolute atomic E-state index is 0.451. The van der Waals surface area contributed by atoms with E-state index in [0.717, 1.165) is 38.9 Å². The molecular formula is C17H32N2O2. The van der Waals surface area contributed by atoms with Gasteiger partial charge in [-0.15, -0.1) is 0 Å². The molecule has 2 atom stereocenters. The lowest BCUT2D eigenvalue weighted by atomic mass is 9.74. The number of piperidine rings is 1. The molecule has 1 aliphatic carbocycles. The van der Waals surface area contributed by atoms with E-state index >= 15 is 0 Å². The number of likely N-dealkylation sites (N-methyl/N-ethyl adjacent to an activating group) is 1. The lowest BCUT2D eigenvalue weighted by molar-refractivity contribution is -0.144. The summed E-state index contributed by atoms with van der Waals surface area (Å²) in [4.78, 5) is 14.2. The lowest BCUT2D eigenvalue weighted by Gasteiger charge is -2.43. The summed E-state index contributed by atoms with van der Waals surface area (Å²) in [5.74, 6) is -0.666. The van der Waals surface area contributed by atoms with Gasteiger partial charge in [-0.3, -0.25) is 4.79 Å². The van der Waals surface area contributed by atoms with Crippen molar-refractivity contribution >= 4 is 5.97 Å². The zero-order chi connectivity index (χ0) is 15.5. The SMILES string of the molecule is CCNC1(C(=O)O)CCC(N2CCC(CC)(CC)CC2)C1. The molecule has 2 rings (SSSR count). The van der Waals surface area contributed by atoms with Crippen LogP contribution in [0.5, 0.6) is 0 Å². The average molecular weight is 296 g/mol. The van der Waals surface area contributed by atoms with E-state index in [-0.39, 0.29) is 0 Å². The van der Waals surface area contributed by atoms with Crippen molar-refractivity contribution in [3.05, 3.63) is 0 Å². The van der Waals surface area contributed by atoms with Crippen LogP contribution in [0.3, 0.4) is 0 Å². The number of likely N-dealkylation sites (tertiary alicyclic amines) is 1. The summed E-state index contributed by atoms with van der Waals surface area (Å²) in [7, 11) is 0. The van der Waals surface area contributed by atoms with Crippen LogP contribution < -0.4 is 5.32 Å². The summed E-state index contributed by atoms with van der Waals surface area (Å²) in [6.07, 6.45) is 7.66. The molecule has 0 aromatic carbocycles. The molecule has 4 nitrogen and oxygen atoms in total. The van der Waals surface area contributed by atoms with Gasteiger partial charge in [0.1, 0.15) is 5.54 Å². The first kappa shape index (κ1) is 16.8. The van der Waals surface area contributed by atoms with E-state index in [1.807, 2.05) is 6.92 Å². The zero-order valence-electron chi connectivity index (χ0n) is 14.0. The molecule has 0 radical (unpaired) electrons. The summed E-state index contributed by atoms with van der Waals surface area (Å²) in [6.45, 7) is 9.65. The van der Waals surface area contributed by atoms with Crippen LogP contribution in [0.1, 0.15) is 65.7 Å². The molecule has 0 amide bonds. The van der Waals surface area contributed by atoms with Crippen LogP contribution >= 0.6 is 0 Å². The Morgan fingerprint density at radius 1 is 1.19 bits per heavy atom. The first-order valence-electron chi connectivity index (χ1n) is 8.73. The molecule has 21 heavy (non-hydrogen) atoms. The predicted octanol–water partition coefficient (Wildman–Crippen LogP) is 2.87. The molecule has 1 saturated heterocycles. The van der Waals surface area contributed by atoms with Gasteiger partial charge in [0, 0.05) is 6.04 Å². The van der Waals surface area contributed by atoms with E-state index in [1.165, 1.54) is 25.7 Å². The first-order chi connectivity index (χ1) is 10.0. The largest absolute Gasteiger partial charge is 0.480 e. The van der Waals surface area contributed by atoms with Crippen LogP contribution in [0.15, 0.2) is 0 Å². The van der Waals surface area contributed by atoms with E-state index in [2.05, 4.69) is 24.1 Å².